The van der Waals surface area contributed by atoms with E-state index < -0.39 is 11.6 Å². The lowest BCUT2D eigenvalue weighted by Gasteiger charge is -2.30. The monoisotopic (exact) mass is 367 g/mol. The summed E-state index contributed by atoms with van der Waals surface area (Å²) in [5, 5.41) is 0. The van der Waals surface area contributed by atoms with E-state index in [2.05, 4.69) is 9.97 Å². The molecule has 0 unspecified atom stereocenters. The molecule has 3 aromatic rings. The Hall–Kier alpha value is -3.02. The average molecular weight is 367 g/mol. The summed E-state index contributed by atoms with van der Waals surface area (Å²) in [6.45, 7) is 1.18. The van der Waals surface area contributed by atoms with E-state index in [0.717, 1.165) is 29.7 Å². The molecule has 0 spiro atoms. The van der Waals surface area contributed by atoms with Gasteiger partial charge in [0.05, 0.1) is 11.0 Å². The number of fused-ring (bicyclic) bond motifs is 1. The van der Waals surface area contributed by atoms with Gasteiger partial charge in [0.2, 0.25) is 5.91 Å². The zero-order valence-corrected chi connectivity index (χ0v) is 14.7. The maximum Gasteiger partial charge on any atom is 0.246 e. The van der Waals surface area contributed by atoms with E-state index in [1.807, 2.05) is 24.3 Å². The number of benzene rings is 2. The SMILES string of the molecule is O=C(C=Cc1c(F)cccc1F)N1CCC(c2nc3ccccc3[nH]2)CC1. The van der Waals surface area contributed by atoms with Crippen LogP contribution in [-0.2, 0) is 4.79 Å². The minimum Gasteiger partial charge on any atom is -0.342 e. The molecule has 0 radical (unpaired) electrons. The van der Waals surface area contributed by atoms with Crippen LogP contribution in [0.15, 0.2) is 48.5 Å². The predicted octanol–water partition coefficient (Wildman–Crippen LogP) is 4.26. The van der Waals surface area contributed by atoms with Crippen LogP contribution in [0.25, 0.3) is 17.1 Å². The van der Waals surface area contributed by atoms with Crippen LogP contribution in [-0.4, -0.2) is 33.9 Å². The molecule has 6 heteroatoms. The van der Waals surface area contributed by atoms with E-state index in [4.69, 9.17) is 0 Å². The van der Waals surface area contributed by atoms with Crippen molar-refractivity contribution in [2.45, 2.75) is 18.8 Å². The molecular weight excluding hydrogens is 348 g/mol. The third kappa shape index (κ3) is 3.60. The Morgan fingerprint density at radius 1 is 1.07 bits per heavy atom. The molecule has 4 rings (SSSR count). The molecule has 0 saturated carbocycles. The van der Waals surface area contributed by atoms with E-state index in [1.165, 1.54) is 30.4 Å². The summed E-state index contributed by atoms with van der Waals surface area (Å²) in [4.78, 5) is 22.1. The fourth-order valence-electron chi connectivity index (χ4n) is 3.47. The summed E-state index contributed by atoms with van der Waals surface area (Å²) in [5.74, 6) is -0.368. The van der Waals surface area contributed by atoms with Gasteiger partial charge in [0.25, 0.3) is 0 Å². The van der Waals surface area contributed by atoms with Crippen molar-refractivity contribution in [3.8, 4) is 0 Å². The van der Waals surface area contributed by atoms with Crippen molar-refractivity contribution in [1.29, 1.82) is 0 Å². The highest BCUT2D eigenvalue weighted by molar-refractivity contribution is 5.91. The quantitative estimate of drug-likeness (QED) is 0.703. The molecule has 0 bridgehead atoms. The van der Waals surface area contributed by atoms with E-state index in [9.17, 15) is 13.6 Å². The van der Waals surface area contributed by atoms with Crippen molar-refractivity contribution in [3.63, 3.8) is 0 Å². The number of H-pyrrole nitrogens is 1. The van der Waals surface area contributed by atoms with Gasteiger partial charge in [0, 0.05) is 30.6 Å². The van der Waals surface area contributed by atoms with Crippen LogP contribution >= 0.6 is 0 Å². The van der Waals surface area contributed by atoms with Crippen molar-refractivity contribution in [1.82, 2.24) is 14.9 Å². The molecule has 1 aliphatic rings. The molecule has 2 aromatic carbocycles. The molecule has 1 aliphatic heterocycles. The summed E-state index contributed by atoms with van der Waals surface area (Å²) in [7, 11) is 0. The molecule has 27 heavy (non-hydrogen) atoms. The number of likely N-dealkylation sites (tertiary alicyclic amines) is 1. The highest BCUT2D eigenvalue weighted by Crippen LogP contribution is 2.28. The fraction of sp³-hybridized carbons (Fsp3) is 0.238. The summed E-state index contributed by atoms with van der Waals surface area (Å²) < 4.78 is 27.3. The second kappa shape index (κ2) is 7.31. The zero-order chi connectivity index (χ0) is 18.8. The van der Waals surface area contributed by atoms with Crippen LogP contribution in [0.3, 0.4) is 0 Å². The zero-order valence-electron chi connectivity index (χ0n) is 14.7. The first-order chi connectivity index (χ1) is 13.1. The number of carbonyl (C=O) groups is 1. The summed E-state index contributed by atoms with van der Waals surface area (Å²) in [6, 6.07) is 11.5. The summed E-state index contributed by atoms with van der Waals surface area (Å²) >= 11 is 0. The lowest BCUT2D eigenvalue weighted by molar-refractivity contribution is -0.127. The second-order valence-electron chi connectivity index (χ2n) is 6.71. The molecule has 1 saturated heterocycles. The van der Waals surface area contributed by atoms with Crippen molar-refractivity contribution in [3.05, 3.63) is 71.6 Å². The maximum atomic E-state index is 13.6. The number of aromatic amines is 1. The van der Waals surface area contributed by atoms with Gasteiger partial charge in [-0.2, -0.15) is 0 Å². The predicted molar refractivity (Wildman–Crippen MR) is 100 cm³/mol. The Balaban J connectivity index is 1.40. The first-order valence-corrected chi connectivity index (χ1v) is 8.97. The van der Waals surface area contributed by atoms with Gasteiger partial charge in [0.15, 0.2) is 0 Å². The lowest BCUT2D eigenvalue weighted by Crippen LogP contribution is -2.37. The van der Waals surface area contributed by atoms with Crippen molar-refractivity contribution in [2.24, 2.45) is 0 Å². The molecule has 0 aliphatic carbocycles. The number of nitrogens with zero attached hydrogens (tertiary/aromatic N) is 2. The highest BCUT2D eigenvalue weighted by Gasteiger charge is 2.25. The summed E-state index contributed by atoms with van der Waals surface area (Å²) in [6.07, 6.45) is 4.04. The van der Waals surface area contributed by atoms with E-state index in [-0.39, 0.29) is 17.4 Å². The Morgan fingerprint density at radius 2 is 1.78 bits per heavy atom. The third-order valence-corrected chi connectivity index (χ3v) is 4.99. The number of amides is 1. The molecule has 1 aromatic heterocycles. The van der Waals surface area contributed by atoms with Gasteiger partial charge in [-0.25, -0.2) is 13.8 Å². The van der Waals surface area contributed by atoms with E-state index in [1.54, 1.807) is 4.90 Å². The van der Waals surface area contributed by atoms with Crippen LogP contribution in [0.1, 0.15) is 30.1 Å². The minimum atomic E-state index is -0.678. The molecule has 1 N–H and O–H groups in total. The van der Waals surface area contributed by atoms with Crippen LogP contribution in [0.4, 0.5) is 8.78 Å². The number of aromatic nitrogens is 2. The van der Waals surface area contributed by atoms with Crippen LogP contribution < -0.4 is 0 Å². The molecule has 0 atom stereocenters. The molecule has 1 fully saturated rings. The van der Waals surface area contributed by atoms with Gasteiger partial charge in [-0.3, -0.25) is 4.79 Å². The number of rotatable bonds is 3. The normalized spacial score (nSPS) is 15.7. The third-order valence-electron chi connectivity index (χ3n) is 4.99. The highest BCUT2D eigenvalue weighted by atomic mass is 19.1. The Morgan fingerprint density at radius 3 is 2.48 bits per heavy atom. The lowest BCUT2D eigenvalue weighted by atomic mass is 9.96. The van der Waals surface area contributed by atoms with Crippen molar-refractivity contribution < 1.29 is 13.6 Å². The minimum absolute atomic E-state index is 0.192. The smallest absolute Gasteiger partial charge is 0.246 e. The first-order valence-electron chi connectivity index (χ1n) is 8.97. The number of nitrogens with one attached hydrogen (secondary N) is 1. The largest absolute Gasteiger partial charge is 0.342 e. The van der Waals surface area contributed by atoms with Gasteiger partial charge in [-0.05, 0) is 43.2 Å². The Kier molecular flexibility index (Phi) is 4.71. The average Bonchev–Trinajstić information content (AvgIpc) is 3.12. The van der Waals surface area contributed by atoms with Crippen LogP contribution in [0, 0.1) is 11.6 Å². The van der Waals surface area contributed by atoms with Gasteiger partial charge >= 0.3 is 0 Å². The molecular formula is C21H19F2N3O. The molecule has 138 valence electrons. The van der Waals surface area contributed by atoms with Crippen molar-refractivity contribution >= 4 is 23.0 Å². The van der Waals surface area contributed by atoms with Crippen LogP contribution in [0.2, 0.25) is 0 Å². The van der Waals surface area contributed by atoms with Gasteiger partial charge in [-0.15, -0.1) is 0 Å². The fourth-order valence-corrected chi connectivity index (χ4v) is 3.47. The number of halogens is 2. The molecule has 2 heterocycles. The molecule has 1 amide bonds. The molecule has 4 nitrogen and oxygen atoms in total. The maximum absolute atomic E-state index is 13.6. The van der Waals surface area contributed by atoms with Crippen LogP contribution in [0.5, 0.6) is 0 Å². The van der Waals surface area contributed by atoms with Gasteiger partial charge in [-0.1, -0.05) is 18.2 Å². The topological polar surface area (TPSA) is 49.0 Å². The van der Waals surface area contributed by atoms with Gasteiger partial charge < -0.3 is 9.88 Å². The Bertz CT molecular complexity index is 950. The number of hydrogen-bond acceptors (Lipinski definition) is 2. The number of para-hydroxylation sites is 2. The second-order valence-corrected chi connectivity index (χ2v) is 6.71. The number of imidazole rings is 1. The summed E-state index contributed by atoms with van der Waals surface area (Å²) in [5.41, 5.74) is 1.77. The first kappa shape index (κ1) is 17.4. The Labute approximate surface area is 155 Å². The van der Waals surface area contributed by atoms with E-state index in [0.29, 0.717) is 13.1 Å². The number of carbonyl (C=O) groups excluding carboxylic acids is 1. The standard InChI is InChI=1S/C21H19F2N3O/c22-16-4-3-5-17(23)15(16)8-9-20(27)26-12-10-14(11-13-26)21-24-18-6-1-2-7-19(18)25-21/h1-9,14H,10-13H2,(H,24,25). The van der Waals surface area contributed by atoms with Gasteiger partial charge in [0.1, 0.15) is 17.5 Å². The number of piperidine rings is 1. The number of hydrogen-bond donors (Lipinski definition) is 1. The van der Waals surface area contributed by atoms with E-state index >= 15 is 0 Å². The van der Waals surface area contributed by atoms with Crippen molar-refractivity contribution in [2.75, 3.05) is 13.1 Å².